The minimum atomic E-state index is -0.382. The number of aromatic nitrogens is 4. The van der Waals surface area contributed by atoms with E-state index in [1.807, 2.05) is 42.5 Å². The highest BCUT2D eigenvalue weighted by Gasteiger charge is 2.13. The summed E-state index contributed by atoms with van der Waals surface area (Å²) in [5.41, 5.74) is 1.25. The van der Waals surface area contributed by atoms with Crippen LogP contribution in [0.25, 0.3) is 16.5 Å². The third kappa shape index (κ3) is 3.80. The molecule has 0 saturated carbocycles. The van der Waals surface area contributed by atoms with Crippen LogP contribution in [0.1, 0.15) is 0 Å². The molecule has 0 unspecified atom stereocenters. The summed E-state index contributed by atoms with van der Waals surface area (Å²) in [6, 6.07) is 19.5. The Morgan fingerprint density at radius 1 is 1.07 bits per heavy atom. The van der Waals surface area contributed by atoms with Gasteiger partial charge in [-0.3, -0.25) is 4.79 Å². The Kier molecular flexibility index (Phi) is 4.80. The second kappa shape index (κ2) is 7.55. The van der Waals surface area contributed by atoms with Gasteiger partial charge in [-0.2, -0.15) is 4.68 Å². The van der Waals surface area contributed by atoms with Gasteiger partial charge in [-0.1, -0.05) is 54.2 Å². The molecule has 0 radical (unpaired) electrons. The van der Waals surface area contributed by atoms with Crippen LogP contribution in [-0.2, 0) is 4.79 Å². The number of hydrogen-bond donors (Lipinski definition) is 1. The van der Waals surface area contributed by atoms with Crippen LogP contribution in [0.2, 0.25) is 0 Å². The molecule has 0 bridgehead atoms. The number of carbonyl (C=O) groups excluding carboxylic acids is 1. The highest BCUT2D eigenvalue weighted by Crippen LogP contribution is 2.24. The van der Waals surface area contributed by atoms with Crippen molar-refractivity contribution in [2.24, 2.45) is 0 Å². The monoisotopic (exact) mass is 379 g/mol. The van der Waals surface area contributed by atoms with Crippen LogP contribution in [0, 0.1) is 5.82 Å². The first-order valence-electron chi connectivity index (χ1n) is 8.15. The normalized spacial score (nSPS) is 10.9. The van der Waals surface area contributed by atoms with Gasteiger partial charge in [0.05, 0.1) is 11.4 Å². The second-order valence-electron chi connectivity index (χ2n) is 5.72. The van der Waals surface area contributed by atoms with E-state index in [0.29, 0.717) is 10.8 Å². The molecule has 0 aliphatic heterocycles. The largest absolute Gasteiger partial charge is 0.325 e. The summed E-state index contributed by atoms with van der Waals surface area (Å²) in [6.07, 6.45) is 0. The number of halogens is 1. The molecule has 3 aromatic carbocycles. The molecular formula is C19H14FN5OS. The molecule has 1 aromatic heterocycles. The molecule has 0 saturated heterocycles. The molecule has 1 heterocycles. The van der Waals surface area contributed by atoms with Crippen molar-refractivity contribution in [2.75, 3.05) is 11.1 Å². The lowest BCUT2D eigenvalue weighted by Gasteiger charge is -2.08. The van der Waals surface area contributed by atoms with E-state index >= 15 is 0 Å². The van der Waals surface area contributed by atoms with Crippen molar-refractivity contribution in [2.45, 2.75) is 5.16 Å². The molecule has 0 aliphatic rings. The van der Waals surface area contributed by atoms with Gasteiger partial charge < -0.3 is 5.32 Å². The number of hydrogen-bond acceptors (Lipinski definition) is 5. The van der Waals surface area contributed by atoms with Crippen LogP contribution in [0.3, 0.4) is 0 Å². The maximum absolute atomic E-state index is 13.4. The number of carbonyl (C=O) groups is 1. The molecule has 0 aliphatic carbocycles. The standard InChI is InChI=1S/C19H14FN5OS/c20-14-7-4-8-15(11-14)25-19(22-23-24-25)27-12-18(26)21-17-10-3-6-13-5-1-2-9-16(13)17/h1-11H,12H2,(H,21,26). The van der Waals surface area contributed by atoms with E-state index in [4.69, 9.17) is 0 Å². The maximum Gasteiger partial charge on any atom is 0.234 e. The van der Waals surface area contributed by atoms with E-state index in [-0.39, 0.29) is 17.5 Å². The van der Waals surface area contributed by atoms with Gasteiger partial charge in [0.25, 0.3) is 0 Å². The van der Waals surface area contributed by atoms with Crippen molar-refractivity contribution in [3.63, 3.8) is 0 Å². The molecule has 134 valence electrons. The van der Waals surface area contributed by atoms with Crippen molar-refractivity contribution >= 4 is 34.1 Å². The summed E-state index contributed by atoms with van der Waals surface area (Å²) in [7, 11) is 0. The maximum atomic E-state index is 13.4. The van der Waals surface area contributed by atoms with Gasteiger partial charge in [0.1, 0.15) is 5.82 Å². The van der Waals surface area contributed by atoms with E-state index in [0.717, 1.165) is 16.5 Å². The first-order valence-corrected chi connectivity index (χ1v) is 9.14. The van der Waals surface area contributed by atoms with Crippen molar-refractivity contribution in [3.05, 3.63) is 72.5 Å². The number of tetrazole rings is 1. The van der Waals surface area contributed by atoms with E-state index in [9.17, 15) is 9.18 Å². The first-order chi connectivity index (χ1) is 13.2. The number of amides is 1. The van der Waals surface area contributed by atoms with Crippen LogP contribution in [0.15, 0.2) is 71.9 Å². The van der Waals surface area contributed by atoms with Crippen molar-refractivity contribution < 1.29 is 9.18 Å². The van der Waals surface area contributed by atoms with Crippen LogP contribution in [-0.4, -0.2) is 31.9 Å². The Bertz CT molecular complexity index is 1110. The van der Waals surface area contributed by atoms with Crippen molar-refractivity contribution in [1.82, 2.24) is 20.2 Å². The predicted molar refractivity (Wildman–Crippen MR) is 102 cm³/mol. The Labute approximate surface area is 158 Å². The van der Waals surface area contributed by atoms with Crippen LogP contribution >= 0.6 is 11.8 Å². The predicted octanol–water partition coefficient (Wildman–Crippen LogP) is 3.69. The molecule has 0 fully saturated rings. The number of fused-ring (bicyclic) bond motifs is 1. The summed E-state index contributed by atoms with van der Waals surface area (Å²) in [5, 5.41) is 16.8. The second-order valence-corrected chi connectivity index (χ2v) is 6.66. The number of nitrogens with zero attached hydrogens (tertiary/aromatic N) is 4. The van der Waals surface area contributed by atoms with Crippen LogP contribution in [0.4, 0.5) is 10.1 Å². The Balaban J connectivity index is 1.47. The molecule has 1 N–H and O–H groups in total. The first kappa shape index (κ1) is 17.2. The Morgan fingerprint density at radius 2 is 1.89 bits per heavy atom. The topological polar surface area (TPSA) is 72.7 Å². The van der Waals surface area contributed by atoms with Gasteiger partial charge in [0.15, 0.2) is 0 Å². The minimum Gasteiger partial charge on any atom is -0.325 e. The molecule has 27 heavy (non-hydrogen) atoms. The fourth-order valence-corrected chi connectivity index (χ4v) is 3.38. The number of thioether (sulfide) groups is 1. The average Bonchev–Trinajstić information content (AvgIpc) is 3.15. The zero-order valence-corrected chi connectivity index (χ0v) is 14.9. The van der Waals surface area contributed by atoms with Gasteiger partial charge in [0.2, 0.25) is 11.1 Å². The number of benzene rings is 3. The lowest BCUT2D eigenvalue weighted by atomic mass is 10.1. The zero-order valence-electron chi connectivity index (χ0n) is 14.0. The third-order valence-corrected chi connectivity index (χ3v) is 4.81. The summed E-state index contributed by atoms with van der Waals surface area (Å²) in [6.45, 7) is 0. The third-order valence-electron chi connectivity index (χ3n) is 3.89. The van der Waals surface area contributed by atoms with Gasteiger partial charge >= 0.3 is 0 Å². The fourth-order valence-electron chi connectivity index (χ4n) is 2.69. The fraction of sp³-hybridized carbons (Fsp3) is 0.0526. The summed E-state index contributed by atoms with van der Waals surface area (Å²) in [4.78, 5) is 12.4. The van der Waals surface area contributed by atoms with Crippen LogP contribution in [0.5, 0.6) is 0 Å². The van der Waals surface area contributed by atoms with E-state index < -0.39 is 0 Å². The van der Waals surface area contributed by atoms with Gasteiger partial charge in [0, 0.05) is 11.1 Å². The molecule has 6 nitrogen and oxygen atoms in total. The summed E-state index contributed by atoms with van der Waals surface area (Å²) >= 11 is 1.18. The highest BCUT2D eigenvalue weighted by atomic mass is 32.2. The summed E-state index contributed by atoms with van der Waals surface area (Å²) < 4.78 is 14.8. The van der Waals surface area contributed by atoms with Crippen LogP contribution < -0.4 is 5.32 Å². The molecule has 4 rings (SSSR count). The highest BCUT2D eigenvalue weighted by molar-refractivity contribution is 7.99. The molecule has 1 amide bonds. The van der Waals surface area contributed by atoms with E-state index in [1.54, 1.807) is 12.1 Å². The van der Waals surface area contributed by atoms with Gasteiger partial charge in [-0.15, -0.1) is 5.10 Å². The molecule has 0 spiro atoms. The zero-order chi connectivity index (χ0) is 18.6. The minimum absolute atomic E-state index is 0.124. The van der Waals surface area contributed by atoms with Crippen molar-refractivity contribution in [1.29, 1.82) is 0 Å². The molecule has 8 heteroatoms. The van der Waals surface area contributed by atoms with E-state index in [1.165, 1.54) is 28.6 Å². The SMILES string of the molecule is O=C(CSc1nnnn1-c1cccc(F)c1)Nc1cccc2ccccc12. The molecule has 4 aromatic rings. The number of rotatable bonds is 5. The average molecular weight is 379 g/mol. The smallest absolute Gasteiger partial charge is 0.234 e. The Hall–Kier alpha value is -3.26. The number of anilines is 1. The summed E-state index contributed by atoms with van der Waals surface area (Å²) in [5.74, 6) is -0.434. The Morgan fingerprint density at radius 3 is 2.78 bits per heavy atom. The lowest BCUT2D eigenvalue weighted by Crippen LogP contribution is -2.14. The van der Waals surface area contributed by atoms with E-state index in [2.05, 4.69) is 20.8 Å². The lowest BCUT2D eigenvalue weighted by molar-refractivity contribution is -0.113. The molecular weight excluding hydrogens is 365 g/mol. The van der Waals surface area contributed by atoms with Gasteiger partial charge in [-0.25, -0.2) is 4.39 Å². The van der Waals surface area contributed by atoms with Crippen molar-refractivity contribution in [3.8, 4) is 5.69 Å². The van der Waals surface area contributed by atoms with Gasteiger partial charge in [-0.05, 0) is 40.1 Å². The number of nitrogens with one attached hydrogen (secondary N) is 1. The molecule has 0 atom stereocenters. The quantitative estimate of drug-likeness (QED) is 0.536.